The first-order valence-electron chi connectivity index (χ1n) is 6.74. The van der Waals surface area contributed by atoms with E-state index in [1.54, 1.807) is 0 Å². The lowest BCUT2D eigenvalue weighted by Crippen LogP contribution is -2.16. The Morgan fingerprint density at radius 3 is 2.75 bits per heavy atom. The van der Waals surface area contributed by atoms with Crippen molar-refractivity contribution in [1.29, 1.82) is 0 Å². The fourth-order valence-corrected chi connectivity index (χ4v) is 2.47. The Balaban J connectivity index is 1.88. The number of aromatic nitrogens is 3. The number of benzene rings is 1. The molecule has 1 aromatic carbocycles. The number of pyridine rings is 1. The van der Waals surface area contributed by atoms with E-state index in [1.807, 2.05) is 42.9 Å². The third-order valence-electron chi connectivity index (χ3n) is 3.53. The molecule has 3 rings (SSSR count). The van der Waals surface area contributed by atoms with Crippen molar-refractivity contribution in [1.82, 2.24) is 14.8 Å². The van der Waals surface area contributed by atoms with Crippen molar-refractivity contribution < 1.29 is 0 Å². The summed E-state index contributed by atoms with van der Waals surface area (Å²) in [6, 6.07) is 14.1. The second kappa shape index (κ2) is 5.06. The predicted molar refractivity (Wildman–Crippen MR) is 80.3 cm³/mol. The topological polar surface area (TPSA) is 56.7 Å². The SMILES string of the molecule is Cc1cc(CC(N)c2ccc3ccccc3n2)n(C)n1. The smallest absolute Gasteiger partial charge is 0.0706 e. The molecule has 0 aliphatic heterocycles. The molecule has 3 aromatic rings. The van der Waals surface area contributed by atoms with Crippen LogP contribution < -0.4 is 5.73 Å². The van der Waals surface area contributed by atoms with Gasteiger partial charge < -0.3 is 5.73 Å². The van der Waals surface area contributed by atoms with Crippen LogP contribution in [0.15, 0.2) is 42.5 Å². The number of nitrogens with two attached hydrogens (primary N) is 1. The molecule has 1 unspecified atom stereocenters. The zero-order valence-electron chi connectivity index (χ0n) is 11.7. The molecule has 2 heterocycles. The highest BCUT2D eigenvalue weighted by atomic mass is 15.3. The van der Waals surface area contributed by atoms with Crippen LogP contribution in [0.25, 0.3) is 10.9 Å². The van der Waals surface area contributed by atoms with Crippen molar-refractivity contribution in [3.8, 4) is 0 Å². The lowest BCUT2D eigenvalue weighted by Gasteiger charge is -2.12. The zero-order valence-corrected chi connectivity index (χ0v) is 11.7. The molecule has 0 spiro atoms. The minimum absolute atomic E-state index is 0.116. The molecule has 4 nitrogen and oxygen atoms in total. The van der Waals surface area contributed by atoms with Gasteiger partial charge in [-0.1, -0.05) is 24.3 Å². The Labute approximate surface area is 118 Å². The van der Waals surface area contributed by atoms with Crippen LogP contribution >= 0.6 is 0 Å². The first kappa shape index (κ1) is 12.8. The number of fused-ring (bicyclic) bond motifs is 1. The molecule has 0 saturated carbocycles. The Morgan fingerprint density at radius 1 is 1.20 bits per heavy atom. The van der Waals surface area contributed by atoms with Crippen LogP contribution in [0, 0.1) is 6.92 Å². The molecular formula is C16H18N4. The normalized spacial score (nSPS) is 12.8. The van der Waals surface area contributed by atoms with Gasteiger partial charge in [0.15, 0.2) is 0 Å². The third kappa shape index (κ3) is 2.42. The Bertz CT molecular complexity index is 745. The fourth-order valence-electron chi connectivity index (χ4n) is 2.47. The molecule has 0 amide bonds. The van der Waals surface area contributed by atoms with Crippen LogP contribution in [0.2, 0.25) is 0 Å². The van der Waals surface area contributed by atoms with Gasteiger partial charge in [0.25, 0.3) is 0 Å². The van der Waals surface area contributed by atoms with Crippen molar-refractivity contribution in [3.63, 3.8) is 0 Å². The van der Waals surface area contributed by atoms with Crippen LogP contribution in [0.1, 0.15) is 23.1 Å². The van der Waals surface area contributed by atoms with Gasteiger partial charge in [0.2, 0.25) is 0 Å². The van der Waals surface area contributed by atoms with Crippen LogP contribution in [-0.2, 0) is 13.5 Å². The molecule has 0 fully saturated rings. The number of aryl methyl sites for hydroxylation is 2. The van der Waals surface area contributed by atoms with E-state index < -0.39 is 0 Å². The molecule has 2 N–H and O–H groups in total. The molecule has 0 saturated heterocycles. The quantitative estimate of drug-likeness (QED) is 0.792. The number of hydrogen-bond acceptors (Lipinski definition) is 3. The molecular weight excluding hydrogens is 248 g/mol. The van der Waals surface area contributed by atoms with E-state index in [4.69, 9.17) is 5.73 Å². The summed E-state index contributed by atoms with van der Waals surface area (Å²) in [4.78, 5) is 4.65. The minimum atomic E-state index is -0.116. The van der Waals surface area contributed by atoms with E-state index in [0.29, 0.717) is 0 Å². The number of nitrogens with zero attached hydrogens (tertiary/aromatic N) is 3. The minimum Gasteiger partial charge on any atom is -0.322 e. The van der Waals surface area contributed by atoms with Crippen LogP contribution in [-0.4, -0.2) is 14.8 Å². The predicted octanol–water partition coefficient (Wildman–Crippen LogP) is 2.52. The highest BCUT2D eigenvalue weighted by Crippen LogP contribution is 2.18. The maximum atomic E-state index is 6.29. The number of hydrogen-bond donors (Lipinski definition) is 1. The monoisotopic (exact) mass is 266 g/mol. The molecule has 4 heteroatoms. The summed E-state index contributed by atoms with van der Waals surface area (Å²) in [5, 5.41) is 5.49. The highest BCUT2D eigenvalue weighted by molar-refractivity contribution is 5.78. The van der Waals surface area contributed by atoms with Crippen molar-refractivity contribution in [3.05, 3.63) is 59.5 Å². The lowest BCUT2D eigenvalue weighted by atomic mass is 10.1. The van der Waals surface area contributed by atoms with E-state index in [-0.39, 0.29) is 6.04 Å². The maximum Gasteiger partial charge on any atom is 0.0706 e. The standard InChI is InChI=1S/C16H18N4/c1-11-9-13(20(2)19-11)10-14(17)16-8-7-12-5-3-4-6-15(12)18-16/h3-9,14H,10,17H2,1-2H3. The molecule has 102 valence electrons. The average molecular weight is 266 g/mol. The summed E-state index contributed by atoms with van der Waals surface area (Å²) in [5.74, 6) is 0. The van der Waals surface area contributed by atoms with Crippen molar-refractivity contribution >= 4 is 10.9 Å². The Hall–Kier alpha value is -2.20. The molecule has 0 bridgehead atoms. The van der Waals surface area contributed by atoms with Crippen LogP contribution in [0.4, 0.5) is 0 Å². The molecule has 0 aliphatic rings. The summed E-state index contributed by atoms with van der Waals surface area (Å²) in [6.45, 7) is 1.99. The van der Waals surface area contributed by atoms with Gasteiger partial charge >= 0.3 is 0 Å². The first-order valence-corrected chi connectivity index (χ1v) is 6.74. The van der Waals surface area contributed by atoms with Crippen molar-refractivity contribution in [2.24, 2.45) is 12.8 Å². The van der Waals surface area contributed by atoms with Gasteiger partial charge in [0, 0.05) is 24.5 Å². The molecule has 0 aliphatic carbocycles. The molecule has 20 heavy (non-hydrogen) atoms. The second-order valence-corrected chi connectivity index (χ2v) is 5.14. The van der Waals surface area contributed by atoms with Crippen LogP contribution in [0.5, 0.6) is 0 Å². The van der Waals surface area contributed by atoms with Gasteiger partial charge in [-0.25, -0.2) is 0 Å². The Kier molecular flexibility index (Phi) is 3.24. The summed E-state index contributed by atoms with van der Waals surface area (Å²) in [6.07, 6.45) is 0.739. The summed E-state index contributed by atoms with van der Waals surface area (Å²) < 4.78 is 1.89. The second-order valence-electron chi connectivity index (χ2n) is 5.14. The summed E-state index contributed by atoms with van der Waals surface area (Å²) in [5.41, 5.74) is 10.3. The Morgan fingerprint density at radius 2 is 2.00 bits per heavy atom. The van der Waals surface area contributed by atoms with E-state index in [2.05, 4.69) is 28.3 Å². The zero-order chi connectivity index (χ0) is 14.1. The van der Waals surface area contributed by atoms with Gasteiger partial charge in [-0.15, -0.1) is 0 Å². The molecule has 1 atom stereocenters. The fraction of sp³-hybridized carbons (Fsp3) is 0.250. The van der Waals surface area contributed by atoms with Gasteiger partial charge in [0.05, 0.1) is 22.9 Å². The van der Waals surface area contributed by atoms with Crippen LogP contribution in [0.3, 0.4) is 0 Å². The lowest BCUT2D eigenvalue weighted by molar-refractivity contribution is 0.630. The van der Waals surface area contributed by atoms with Crippen molar-refractivity contribution in [2.75, 3.05) is 0 Å². The molecule has 0 radical (unpaired) electrons. The van der Waals surface area contributed by atoms with Gasteiger partial charge in [-0.2, -0.15) is 5.10 Å². The van der Waals surface area contributed by atoms with E-state index in [1.165, 1.54) is 0 Å². The molecule has 2 aromatic heterocycles. The average Bonchev–Trinajstić information content (AvgIpc) is 2.76. The number of rotatable bonds is 3. The highest BCUT2D eigenvalue weighted by Gasteiger charge is 2.12. The summed E-state index contributed by atoms with van der Waals surface area (Å²) >= 11 is 0. The van der Waals surface area contributed by atoms with E-state index in [9.17, 15) is 0 Å². The summed E-state index contributed by atoms with van der Waals surface area (Å²) in [7, 11) is 1.95. The third-order valence-corrected chi connectivity index (χ3v) is 3.53. The van der Waals surface area contributed by atoms with E-state index >= 15 is 0 Å². The van der Waals surface area contributed by atoms with Gasteiger partial charge in [-0.05, 0) is 25.1 Å². The van der Waals surface area contributed by atoms with Gasteiger partial charge in [0.1, 0.15) is 0 Å². The number of para-hydroxylation sites is 1. The first-order chi connectivity index (χ1) is 9.63. The van der Waals surface area contributed by atoms with Gasteiger partial charge in [-0.3, -0.25) is 9.67 Å². The van der Waals surface area contributed by atoms with Crippen molar-refractivity contribution in [2.45, 2.75) is 19.4 Å². The van der Waals surface area contributed by atoms with E-state index in [0.717, 1.165) is 34.4 Å². The largest absolute Gasteiger partial charge is 0.322 e. The maximum absolute atomic E-state index is 6.29.